The molecule has 3 aromatic rings. The number of carbonyl (C=O) groups is 1. The van der Waals surface area contributed by atoms with E-state index in [1.165, 1.54) is 4.68 Å². The topological polar surface area (TPSA) is 63.9 Å². The molecule has 0 unspecified atom stereocenters. The van der Waals surface area contributed by atoms with Gasteiger partial charge in [-0.3, -0.25) is 9.78 Å². The van der Waals surface area contributed by atoms with Crippen molar-refractivity contribution < 1.29 is 18.0 Å². The van der Waals surface area contributed by atoms with Crippen LogP contribution in [0.1, 0.15) is 29.5 Å². The first-order valence-electron chi connectivity index (χ1n) is 8.43. The van der Waals surface area contributed by atoms with Crippen LogP contribution < -0.4 is 0 Å². The number of hydrogen-bond donors (Lipinski definition) is 0. The van der Waals surface area contributed by atoms with E-state index >= 15 is 0 Å². The zero-order chi connectivity index (χ0) is 19.6. The molecule has 0 N–H and O–H groups in total. The van der Waals surface area contributed by atoms with E-state index in [1.807, 2.05) is 12.1 Å². The average Bonchev–Trinajstić information content (AvgIpc) is 3.00. The lowest BCUT2D eigenvalue weighted by atomic mass is 10.2. The summed E-state index contributed by atoms with van der Waals surface area (Å²) < 4.78 is 39.8. The molecule has 0 saturated heterocycles. The van der Waals surface area contributed by atoms with Gasteiger partial charge >= 0.3 is 6.18 Å². The quantitative estimate of drug-likeness (QED) is 0.682. The van der Waals surface area contributed by atoms with Gasteiger partial charge in [-0.1, -0.05) is 18.2 Å². The second-order valence-corrected chi connectivity index (χ2v) is 6.16. The van der Waals surface area contributed by atoms with Crippen LogP contribution in [-0.4, -0.2) is 50.1 Å². The van der Waals surface area contributed by atoms with E-state index in [0.717, 1.165) is 15.8 Å². The first kappa shape index (κ1) is 18.8. The molecule has 0 saturated carbocycles. The van der Waals surface area contributed by atoms with Gasteiger partial charge in [0.25, 0.3) is 5.91 Å². The van der Waals surface area contributed by atoms with Crippen molar-refractivity contribution in [2.75, 3.05) is 13.1 Å². The van der Waals surface area contributed by atoms with E-state index in [2.05, 4.69) is 15.3 Å². The molecule has 0 aliphatic carbocycles. The van der Waals surface area contributed by atoms with Crippen LogP contribution in [-0.2, 0) is 0 Å². The summed E-state index contributed by atoms with van der Waals surface area (Å²) in [5.74, 6) is -0.777. The number of rotatable bonds is 5. The predicted octanol–water partition coefficient (Wildman–Crippen LogP) is 3.54. The van der Waals surface area contributed by atoms with Crippen molar-refractivity contribution in [2.24, 2.45) is 0 Å². The van der Waals surface area contributed by atoms with Crippen LogP contribution in [0.3, 0.4) is 0 Å². The number of nitrogens with zero attached hydrogens (tertiary/aromatic N) is 5. The zero-order valence-corrected chi connectivity index (χ0v) is 14.9. The zero-order valence-electron chi connectivity index (χ0n) is 14.9. The third-order valence-corrected chi connectivity index (χ3v) is 4.08. The van der Waals surface area contributed by atoms with Crippen LogP contribution in [0.4, 0.5) is 13.2 Å². The van der Waals surface area contributed by atoms with Gasteiger partial charge in [-0.15, -0.1) is 5.10 Å². The highest BCUT2D eigenvalue weighted by molar-refractivity contribution is 5.93. The molecular weight excluding hydrogens is 359 g/mol. The van der Waals surface area contributed by atoms with Gasteiger partial charge in [-0.05, 0) is 37.6 Å². The number of aromatic nitrogens is 4. The number of halogens is 3. The summed E-state index contributed by atoms with van der Waals surface area (Å²) in [7, 11) is 0. The number of benzene rings is 1. The highest BCUT2D eigenvalue weighted by atomic mass is 19.4. The van der Waals surface area contributed by atoms with Gasteiger partial charge in [0.2, 0.25) is 0 Å². The number of carbonyl (C=O) groups excluding carboxylic acids is 1. The Bertz CT molecular complexity index is 967. The number of alkyl halides is 3. The first-order chi connectivity index (χ1) is 12.8. The highest BCUT2D eigenvalue weighted by Crippen LogP contribution is 2.21. The van der Waals surface area contributed by atoms with Gasteiger partial charge in [-0.2, -0.15) is 13.2 Å². The van der Waals surface area contributed by atoms with Crippen molar-refractivity contribution in [1.82, 2.24) is 24.9 Å². The minimum Gasteiger partial charge on any atom is -0.328 e. The van der Waals surface area contributed by atoms with E-state index in [9.17, 15) is 18.0 Å². The minimum absolute atomic E-state index is 0.00765. The first-order valence-corrected chi connectivity index (χ1v) is 8.43. The maximum atomic E-state index is 12.8. The Hall–Kier alpha value is -2.97. The molecule has 0 spiro atoms. The summed E-state index contributed by atoms with van der Waals surface area (Å²) in [5, 5.41) is 8.69. The van der Waals surface area contributed by atoms with Gasteiger partial charge in [-0.25, -0.2) is 4.68 Å². The summed E-state index contributed by atoms with van der Waals surface area (Å²) in [5.41, 5.74) is 1.75. The summed E-state index contributed by atoms with van der Waals surface area (Å²) in [6, 6.07) is 9.09. The third-order valence-electron chi connectivity index (χ3n) is 4.08. The monoisotopic (exact) mass is 377 g/mol. The Morgan fingerprint density at radius 1 is 1.26 bits per heavy atom. The van der Waals surface area contributed by atoms with E-state index in [4.69, 9.17) is 0 Å². The molecule has 0 aliphatic rings. The second kappa shape index (κ2) is 7.34. The SMILES string of the molecule is CCCN(CC(F)(F)F)C(=O)c1nnn(-c2ccc3ncccc3c2)c1C. The molecule has 0 radical (unpaired) electrons. The molecule has 0 aliphatic heterocycles. The molecule has 27 heavy (non-hydrogen) atoms. The highest BCUT2D eigenvalue weighted by Gasteiger charge is 2.34. The minimum atomic E-state index is -4.47. The molecular formula is C18H18F3N5O. The fourth-order valence-corrected chi connectivity index (χ4v) is 2.86. The van der Waals surface area contributed by atoms with Crippen molar-refractivity contribution in [1.29, 1.82) is 0 Å². The fourth-order valence-electron chi connectivity index (χ4n) is 2.86. The smallest absolute Gasteiger partial charge is 0.328 e. The van der Waals surface area contributed by atoms with Crippen molar-refractivity contribution >= 4 is 16.8 Å². The van der Waals surface area contributed by atoms with Crippen molar-refractivity contribution in [3.05, 3.63) is 47.9 Å². The molecule has 0 bridgehead atoms. The molecule has 1 amide bonds. The number of hydrogen-bond acceptors (Lipinski definition) is 4. The van der Waals surface area contributed by atoms with E-state index < -0.39 is 18.6 Å². The molecule has 9 heteroatoms. The Balaban J connectivity index is 1.94. The van der Waals surface area contributed by atoms with E-state index in [-0.39, 0.29) is 12.2 Å². The lowest BCUT2D eigenvalue weighted by Crippen LogP contribution is -2.39. The summed E-state index contributed by atoms with van der Waals surface area (Å²) in [6.07, 6.45) is -2.38. The van der Waals surface area contributed by atoms with Crippen LogP contribution in [0.25, 0.3) is 16.6 Å². The fraction of sp³-hybridized carbons (Fsp3) is 0.333. The van der Waals surface area contributed by atoms with Gasteiger partial charge in [0.05, 0.1) is 16.9 Å². The van der Waals surface area contributed by atoms with Crippen molar-refractivity contribution in [3.63, 3.8) is 0 Å². The molecule has 142 valence electrons. The molecule has 0 atom stereocenters. The lowest BCUT2D eigenvalue weighted by Gasteiger charge is -2.22. The standard InChI is InChI=1S/C18H18F3N5O/c1-3-9-25(11-18(19,20)21)17(27)16-12(2)26(24-23-16)14-6-7-15-13(10-14)5-4-8-22-15/h4-8,10H,3,9,11H2,1-2H3. The average molecular weight is 377 g/mol. The number of amides is 1. The second-order valence-electron chi connectivity index (χ2n) is 6.16. The van der Waals surface area contributed by atoms with Crippen LogP contribution in [0, 0.1) is 6.92 Å². The van der Waals surface area contributed by atoms with Crippen molar-refractivity contribution in [2.45, 2.75) is 26.4 Å². The Morgan fingerprint density at radius 2 is 2.04 bits per heavy atom. The van der Waals surface area contributed by atoms with E-state index in [0.29, 0.717) is 17.8 Å². The lowest BCUT2D eigenvalue weighted by molar-refractivity contribution is -0.140. The third kappa shape index (κ3) is 4.07. The van der Waals surface area contributed by atoms with Gasteiger partial charge in [0, 0.05) is 18.1 Å². The molecule has 0 fully saturated rings. The van der Waals surface area contributed by atoms with Crippen LogP contribution in [0.15, 0.2) is 36.5 Å². The van der Waals surface area contributed by atoms with Crippen LogP contribution >= 0.6 is 0 Å². The van der Waals surface area contributed by atoms with Crippen LogP contribution in [0.5, 0.6) is 0 Å². The summed E-state index contributed by atoms with van der Waals surface area (Å²) in [4.78, 5) is 17.6. The Kier molecular flexibility index (Phi) is 5.11. The largest absolute Gasteiger partial charge is 0.406 e. The van der Waals surface area contributed by atoms with E-state index in [1.54, 1.807) is 38.2 Å². The molecule has 1 aromatic carbocycles. The normalized spacial score (nSPS) is 11.7. The van der Waals surface area contributed by atoms with Gasteiger partial charge < -0.3 is 4.90 Å². The molecule has 6 nitrogen and oxygen atoms in total. The maximum absolute atomic E-state index is 12.8. The maximum Gasteiger partial charge on any atom is 0.406 e. The predicted molar refractivity (Wildman–Crippen MR) is 93.6 cm³/mol. The number of fused-ring (bicyclic) bond motifs is 1. The molecule has 3 rings (SSSR count). The Morgan fingerprint density at radius 3 is 2.74 bits per heavy atom. The van der Waals surface area contributed by atoms with Gasteiger partial charge in [0.15, 0.2) is 5.69 Å². The molecule has 2 aromatic heterocycles. The molecule has 2 heterocycles. The van der Waals surface area contributed by atoms with Crippen molar-refractivity contribution in [3.8, 4) is 5.69 Å². The summed E-state index contributed by atoms with van der Waals surface area (Å²) in [6.45, 7) is 2.00. The number of pyridine rings is 1. The summed E-state index contributed by atoms with van der Waals surface area (Å²) >= 11 is 0. The van der Waals surface area contributed by atoms with Crippen LogP contribution in [0.2, 0.25) is 0 Å². The van der Waals surface area contributed by atoms with Gasteiger partial charge in [0.1, 0.15) is 6.54 Å². The Labute approximate surface area is 153 Å².